The zero-order valence-corrected chi connectivity index (χ0v) is 21.7. The number of nitrogens with zero attached hydrogens (tertiary/aromatic N) is 3. The number of hydrogen-bond acceptors (Lipinski definition) is 6. The topological polar surface area (TPSA) is 112 Å². The first-order valence-electron chi connectivity index (χ1n) is 13.3. The lowest BCUT2D eigenvalue weighted by atomic mass is 10.0. The summed E-state index contributed by atoms with van der Waals surface area (Å²) in [5, 5.41) is 12.4. The lowest BCUT2D eigenvalue weighted by molar-refractivity contribution is -0.137. The number of carboxylic acid groups (broad SMARTS) is 1. The van der Waals surface area contributed by atoms with Gasteiger partial charge in [0.1, 0.15) is 0 Å². The van der Waals surface area contributed by atoms with Crippen LogP contribution >= 0.6 is 0 Å². The van der Waals surface area contributed by atoms with Gasteiger partial charge in [0, 0.05) is 44.5 Å². The molecule has 1 saturated carbocycles. The summed E-state index contributed by atoms with van der Waals surface area (Å²) in [4.78, 5) is 44.9. The molecular formula is C30H32N4O5. The maximum absolute atomic E-state index is 13.2. The second-order valence-corrected chi connectivity index (χ2v) is 9.91. The summed E-state index contributed by atoms with van der Waals surface area (Å²) in [5.41, 5.74) is 4.93. The van der Waals surface area contributed by atoms with E-state index in [0.717, 1.165) is 54.0 Å². The van der Waals surface area contributed by atoms with Crippen molar-refractivity contribution in [2.75, 3.05) is 43.1 Å². The van der Waals surface area contributed by atoms with Gasteiger partial charge in [-0.3, -0.25) is 19.4 Å². The normalized spacial score (nSPS) is 15.0. The van der Waals surface area contributed by atoms with E-state index in [1.165, 1.54) is 11.1 Å². The minimum atomic E-state index is -0.964. The molecule has 2 amide bonds. The van der Waals surface area contributed by atoms with Gasteiger partial charge in [0.25, 0.3) is 5.91 Å². The Balaban J connectivity index is 1.40. The number of anilines is 2. The van der Waals surface area contributed by atoms with Gasteiger partial charge < -0.3 is 25.0 Å². The summed E-state index contributed by atoms with van der Waals surface area (Å²) in [6.45, 7) is 3.16. The third-order valence-electron chi connectivity index (χ3n) is 6.98. The van der Waals surface area contributed by atoms with Crippen LogP contribution in [0.4, 0.5) is 11.4 Å². The predicted octanol–water partition coefficient (Wildman–Crippen LogP) is 4.05. The molecule has 9 nitrogen and oxygen atoms in total. The van der Waals surface area contributed by atoms with Crippen LogP contribution in [0, 0.1) is 5.92 Å². The van der Waals surface area contributed by atoms with E-state index in [0.29, 0.717) is 18.8 Å². The van der Waals surface area contributed by atoms with E-state index in [1.54, 1.807) is 18.3 Å². The maximum atomic E-state index is 13.2. The van der Waals surface area contributed by atoms with Crippen molar-refractivity contribution in [1.29, 1.82) is 0 Å². The van der Waals surface area contributed by atoms with Crippen LogP contribution in [0.25, 0.3) is 11.1 Å². The fourth-order valence-electron chi connectivity index (χ4n) is 4.70. The Bertz CT molecular complexity index is 1340. The van der Waals surface area contributed by atoms with Crippen molar-refractivity contribution in [1.82, 2.24) is 9.88 Å². The number of amides is 2. The smallest absolute Gasteiger partial charge is 0.305 e. The Morgan fingerprint density at radius 1 is 1.03 bits per heavy atom. The van der Waals surface area contributed by atoms with Crippen LogP contribution < -0.4 is 10.2 Å². The fourth-order valence-corrected chi connectivity index (χ4v) is 4.70. The molecule has 5 rings (SSSR count). The second-order valence-electron chi connectivity index (χ2n) is 9.91. The Kier molecular flexibility index (Phi) is 8.17. The predicted molar refractivity (Wildman–Crippen MR) is 147 cm³/mol. The largest absolute Gasteiger partial charge is 0.481 e. The molecule has 1 aromatic heterocycles. The molecule has 0 unspecified atom stereocenters. The van der Waals surface area contributed by atoms with Gasteiger partial charge in [-0.25, -0.2) is 0 Å². The molecule has 0 bridgehead atoms. The van der Waals surface area contributed by atoms with Crippen molar-refractivity contribution >= 4 is 29.2 Å². The molecule has 0 spiro atoms. The van der Waals surface area contributed by atoms with Crippen molar-refractivity contribution in [3.05, 3.63) is 78.1 Å². The maximum Gasteiger partial charge on any atom is 0.305 e. The molecule has 2 fully saturated rings. The molecule has 1 saturated heterocycles. The SMILES string of the molecule is O=C(O)CCN(Cc1cccc(-c2ccc(N3CCOCC3)c(NC(=O)C3CC3)c2)c1)C(=O)c1cccnc1. The van der Waals surface area contributed by atoms with Crippen molar-refractivity contribution < 1.29 is 24.2 Å². The minimum Gasteiger partial charge on any atom is -0.481 e. The highest BCUT2D eigenvalue weighted by Crippen LogP contribution is 2.35. The number of hydrogen-bond donors (Lipinski definition) is 2. The molecule has 2 heterocycles. The van der Waals surface area contributed by atoms with Crippen molar-refractivity contribution in [2.45, 2.75) is 25.8 Å². The van der Waals surface area contributed by atoms with Crippen molar-refractivity contribution in [2.24, 2.45) is 5.92 Å². The van der Waals surface area contributed by atoms with E-state index >= 15 is 0 Å². The molecule has 202 valence electrons. The second kappa shape index (κ2) is 12.1. The monoisotopic (exact) mass is 528 g/mol. The van der Waals surface area contributed by atoms with E-state index < -0.39 is 5.97 Å². The third-order valence-corrected chi connectivity index (χ3v) is 6.98. The van der Waals surface area contributed by atoms with Crippen LogP contribution in [-0.4, -0.2) is 65.6 Å². The average Bonchev–Trinajstić information content (AvgIpc) is 3.82. The van der Waals surface area contributed by atoms with Crippen molar-refractivity contribution in [3.63, 3.8) is 0 Å². The molecule has 1 aliphatic heterocycles. The Morgan fingerprint density at radius 3 is 2.54 bits per heavy atom. The van der Waals surface area contributed by atoms with E-state index in [4.69, 9.17) is 4.74 Å². The van der Waals surface area contributed by atoms with E-state index in [2.05, 4.69) is 15.2 Å². The van der Waals surface area contributed by atoms with Gasteiger partial charge in [-0.1, -0.05) is 24.3 Å². The van der Waals surface area contributed by atoms with E-state index in [1.807, 2.05) is 42.5 Å². The summed E-state index contributed by atoms with van der Waals surface area (Å²) in [7, 11) is 0. The number of pyridine rings is 1. The lowest BCUT2D eigenvalue weighted by Crippen LogP contribution is -2.36. The van der Waals surface area contributed by atoms with Gasteiger partial charge in [0.2, 0.25) is 5.91 Å². The zero-order chi connectivity index (χ0) is 27.2. The number of ether oxygens (including phenoxy) is 1. The average molecular weight is 529 g/mol. The third kappa shape index (κ3) is 6.80. The molecular weight excluding hydrogens is 496 g/mol. The summed E-state index contributed by atoms with van der Waals surface area (Å²) in [6.07, 6.45) is 4.78. The molecule has 39 heavy (non-hydrogen) atoms. The van der Waals surface area contributed by atoms with Gasteiger partial charge in [0.15, 0.2) is 0 Å². The van der Waals surface area contributed by atoms with Gasteiger partial charge in [-0.05, 0) is 59.9 Å². The molecule has 1 aliphatic carbocycles. The Hall–Kier alpha value is -4.24. The molecule has 2 N–H and O–H groups in total. The summed E-state index contributed by atoms with van der Waals surface area (Å²) in [6, 6.07) is 17.3. The first kappa shape index (κ1) is 26.4. The molecule has 0 radical (unpaired) electrons. The lowest BCUT2D eigenvalue weighted by Gasteiger charge is -2.31. The molecule has 9 heteroatoms. The highest BCUT2D eigenvalue weighted by Gasteiger charge is 2.30. The summed E-state index contributed by atoms with van der Waals surface area (Å²) >= 11 is 0. The number of nitrogens with one attached hydrogen (secondary N) is 1. The standard InChI is InChI=1S/C30H32N4O5/c35-28(36)10-12-34(30(38)25-5-2-11-31-19-25)20-21-3-1-4-23(17-21)24-8-9-27(33-13-15-39-16-14-33)26(18-24)32-29(37)22-6-7-22/h1-5,8-9,11,17-19,22H,6-7,10,12-16,20H2,(H,32,37)(H,35,36). The molecule has 2 aromatic carbocycles. The van der Waals surface area contributed by atoms with Crippen LogP contribution in [0.15, 0.2) is 67.0 Å². The number of aromatic nitrogens is 1. The molecule has 2 aliphatic rings. The van der Waals surface area contributed by atoms with E-state index in [9.17, 15) is 19.5 Å². The molecule has 0 atom stereocenters. The molecule has 3 aromatic rings. The van der Waals surface area contributed by atoms with Gasteiger partial charge in [-0.15, -0.1) is 0 Å². The number of morpholine rings is 1. The number of rotatable bonds is 10. The van der Waals surface area contributed by atoms with Crippen LogP contribution in [0.3, 0.4) is 0 Å². The van der Waals surface area contributed by atoms with Gasteiger partial charge in [0.05, 0.1) is 36.6 Å². The minimum absolute atomic E-state index is 0.0541. The number of carboxylic acids is 1. The van der Waals surface area contributed by atoms with Crippen LogP contribution in [0.2, 0.25) is 0 Å². The van der Waals surface area contributed by atoms with Gasteiger partial charge >= 0.3 is 5.97 Å². The first-order chi connectivity index (χ1) is 19.0. The number of carbonyl (C=O) groups excluding carboxylic acids is 2. The highest BCUT2D eigenvalue weighted by atomic mass is 16.5. The zero-order valence-electron chi connectivity index (χ0n) is 21.7. The number of aliphatic carboxylic acids is 1. The van der Waals surface area contributed by atoms with Crippen molar-refractivity contribution in [3.8, 4) is 11.1 Å². The summed E-state index contributed by atoms with van der Waals surface area (Å²) < 4.78 is 5.51. The van der Waals surface area contributed by atoms with E-state index in [-0.39, 0.29) is 37.2 Å². The Labute approximate surface area is 227 Å². The highest BCUT2D eigenvalue weighted by molar-refractivity contribution is 5.98. The summed E-state index contributed by atoms with van der Waals surface area (Å²) in [5.74, 6) is -1.09. The van der Waals surface area contributed by atoms with Gasteiger partial charge in [-0.2, -0.15) is 0 Å². The fraction of sp³-hybridized carbons (Fsp3) is 0.333. The number of benzene rings is 2. The first-order valence-corrected chi connectivity index (χ1v) is 13.3. The number of carbonyl (C=O) groups is 3. The van der Waals surface area contributed by atoms with Crippen LogP contribution in [0.1, 0.15) is 35.2 Å². The Morgan fingerprint density at radius 2 is 1.82 bits per heavy atom. The quantitative estimate of drug-likeness (QED) is 0.408. The van der Waals surface area contributed by atoms with Crippen LogP contribution in [0.5, 0.6) is 0 Å². The van der Waals surface area contributed by atoms with Crippen LogP contribution in [-0.2, 0) is 20.9 Å².